The number of rotatable bonds is 13. The molecule has 0 bridgehead atoms. The van der Waals surface area contributed by atoms with E-state index in [0.717, 1.165) is 36.8 Å². The first-order valence-electron chi connectivity index (χ1n) is 12.9. The molecule has 0 aromatic rings. The van der Waals surface area contributed by atoms with Crippen LogP contribution in [0.1, 0.15) is 112 Å². The van der Waals surface area contributed by atoms with Crippen molar-refractivity contribution in [2.45, 2.75) is 136 Å². The molecule has 0 saturated heterocycles. The van der Waals surface area contributed by atoms with Gasteiger partial charge in [-0.15, -0.1) is 0 Å². The van der Waals surface area contributed by atoms with Crippen LogP contribution in [0.2, 0.25) is 6.04 Å². The fourth-order valence-electron chi connectivity index (χ4n) is 5.44. The van der Waals surface area contributed by atoms with Gasteiger partial charge in [-0.05, 0) is 96.4 Å². The Morgan fingerprint density at radius 3 is 1.83 bits per heavy atom. The highest BCUT2D eigenvalue weighted by Crippen LogP contribution is 2.41. The van der Waals surface area contributed by atoms with Gasteiger partial charge < -0.3 is 13.6 Å². The van der Waals surface area contributed by atoms with Crippen molar-refractivity contribution in [3.05, 3.63) is 0 Å². The second kappa shape index (κ2) is 14.2. The highest BCUT2D eigenvalue weighted by molar-refractivity contribution is 6.44. The fourth-order valence-corrected chi connectivity index (χ4v) is 7.49. The Labute approximate surface area is 183 Å². The molecule has 4 heteroatoms. The lowest BCUT2D eigenvalue weighted by molar-refractivity contribution is 0.00629. The van der Waals surface area contributed by atoms with Gasteiger partial charge in [0.05, 0.1) is 6.10 Å². The third-order valence-corrected chi connectivity index (χ3v) is 9.60. The van der Waals surface area contributed by atoms with Crippen molar-refractivity contribution in [1.29, 1.82) is 0 Å². The number of ether oxygens (including phenoxy) is 1. The summed E-state index contributed by atoms with van der Waals surface area (Å²) in [6.07, 6.45) is 17.8. The van der Waals surface area contributed by atoms with Gasteiger partial charge in [-0.1, -0.05) is 39.0 Å². The topological polar surface area (TPSA) is 27.7 Å². The quantitative estimate of drug-likeness (QED) is 0.234. The molecule has 2 aliphatic rings. The zero-order valence-corrected chi connectivity index (χ0v) is 21.3. The third-order valence-electron chi connectivity index (χ3n) is 7.03. The van der Waals surface area contributed by atoms with Crippen molar-refractivity contribution >= 4 is 9.28 Å². The SMILES string of the molecule is CCCCC1CCC(C2CCC(OCCC[SiH](OC(C)C)OC(C)C)CC2)CC1. The zero-order valence-electron chi connectivity index (χ0n) is 20.2. The summed E-state index contributed by atoms with van der Waals surface area (Å²) in [6.45, 7) is 11.6. The molecular weight excluding hydrogens is 376 g/mol. The standard InChI is InChI=1S/C25H50O3Si/c1-6-7-9-22-10-12-23(13-11-22)24-14-16-25(17-15-24)26-18-8-19-29(27-20(2)3)28-21(4)5/h20-25,29H,6-19H2,1-5H3. The summed E-state index contributed by atoms with van der Waals surface area (Å²) < 4.78 is 18.3. The van der Waals surface area contributed by atoms with E-state index in [1.807, 2.05) is 0 Å². The van der Waals surface area contributed by atoms with E-state index >= 15 is 0 Å². The van der Waals surface area contributed by atoms with E-state index < -0.39 is 9.28 Å². The molecule has 0 unspecified atom stereocenters. The van der Waals surface area contributed by atoms with Crippen molar-refractivity contribution in [1.82, 2.24) is 0 Å². The second-order valence-electron chi connectivity index (χ2n) is 10.3. The van der Waals surface area contributed by atoms with Gasteiger partial charge >= 0.3 is 9.28 Å². The molecule has 0 amide bonds. The van der Waals surface area contributed by atoms with Crippen molar-refractivity contribution in [3.63, 3.8) is 0 Å². The number of hydrogen-bond acceptors (Lipinski definition) is 3. The summed E-state index contributed by atoms with van der Waals surface area (Å²) in [5.74, 6) is 3.04. The Morgan fingerprint density at radius 1 is 0.759 bits per heavy atom. The van der Waals surface area contributed by atoms with Crippen molar-refractivity contribution in [2.24, 2.45) is 17.8 Å². The minimum absolute atomic E-state index is 0.267. The molecule has 0 radical (unpaired) electrons. The molecule has 3 nitrogen and oxygen atoms in total. The van der Waals surface area contributed by atoms with E-state index in [1.54, 1.807) is 0 Å². The van der Waals surface area contributed by atoms with Crippen LogP contribution in [-0.4, -0.2) is 34.2 Å². The molecular formula is C25H50O3Si. The molecule has 0 aromatic carbocycles. The molecule has 172 valence electrons. The van der Waals surface area contributed by atoms with Gasteiger partial charge in [-0.25, -0.2) is 0 Å². The first-order chi connectivity index (χ1) is 14.0. The Kier molecular flexibility index (Phi) is 12.4. The Hall–Kier alpha value is 0.0969. The minimum Gasteiger partial charge on any atom is -0.394 e. The molecule has 2 fully saturated rings. The van der Waals surface area contributed by atoms with E-state index in [-0.39, 0.29) is 12.2 Å². The van der Waals surface area contributed by atoms with Gasteiger partial charge in [0.25, 0.3) is 0 Å². The normalized spacial score (nSPS) is 28.6. The first-order valence-corrected chi connectivity index (χ1v) is 14.7. The maximum Gasteiger partial charge on any atom is 0.321 e. The van der Waals surface area contributed by atoms with E-state index in [0.29, 0.717) is 6.10 Å². The third kappa shape index (κ3) is 10.3. The summed E-state index contributed by atoms with van der Waals surface area (Å²) in [6, 6.07) is 1.06. The van der Waals surface area contributed by atoms with Crippen LogP contribution in [0.3, 0.4) is 0 Å². The highest BCUT2D eigenvalue weighted by atomic mass is 28.3. The summed E-state index contributed by atoms with van der Waals surface area (Å²) in [5.41, 5.74) is 0. The largest absolute Gasteiger partial charge is 0.394 e. The maximum atomic E-state index is 6.25. The lowest BCUT2D eigenvalue weighted by Gasteiger charge is -2.38. The predicted molar refractivity (Wildman–Crippen MR) is 126 cm³/mol. The average Bonchev–Trinajstić information content (AvgIpc) is 2.69. The van der Waals surface area contributed by atoms with Crippen LogP contribution in [0, 0.1) is 17.8 Å². The fraction of sp³-hybridized carbons (Fsp3) is 1.00. The van der Waals surface area contributed by atoms with Crippen molar-refractivity contribution < 1.29 is 13.6 Å². The Balaban J connectivity index is 1.56. The maximum absolute atomic E-state index is 6.25. The van der Waals surface area contributed by atoms with Crippen molar-refractivity contribution in [3.8, 4) is 0 Å². The summed E-state index contributed by atoms with van der Waals surface area (Å²) in [5, 5.41) is 0. The second-order valence-corrected chi connectivity index (χ2v) is 12.3. The van der Waals surface area contributed by atoms with E-state index in [2.05, 4.69) is 34.6 Å². The summed E-state index contributed by atoms with van der Waals surface area (Å²) in [7, 11) is -1.55. The molecule has 0 spiro atoms. The Bertz CT molecular complexity index is 389. The van der Waals surface area contributed by atoms with Crippen LogP contribution in [0.15, 0.2) is 0 Å². The van der Waals surface area contributed by atoms with Gasteiger partial charge in [0, 0.05) is 18.8 Å². The molecule has 29 heavy (non-hydrogen) atoms. The minimum atomic E-state index is -1.55. The van der Waals surface area contributed by atoms with E-state index in [9.17, 15) is 0 Å². The Morgan fingerprint density at radius 2 is 1.31 bits per heavy atom. The van der Waals surface area contributed by atoms with Crippen LogP contribution in [-0.2, 0) is 13.6 Å². The van der Waals surface area contributed by atoms with Crippen LogP contribution >= 0.6 is 0 Å². The summed E-state index contributed by atoms with van der Waals surface area (Å²) in [4.78, 5) is 0. The van der Waals surface area contributed by atoms with Crippen LogP contribution in [0.5, 0.6) is 0 Å². The number of unbranched alkanes of at least 4 members (excludes halogenated alkanes) is 1. The lowest BCUT2D eigenvalue weighted by atomic mass is 9.70. The molecule has 0 aliphatic heterocycles. The van der Waals surface area contributed by atoms with Gasteiger partial charge in [-0.2, -0.15) is 0 Å². The molecule has 2 saturated carbocycles. The zero-order chi connectivity index (χ0) is 21.1. The first kappa shape index (κ1) is 25.4. The molecule has 2 rings (SSSR count). The molecule has 0 aromatic heterocycles. The van der Waals surface area contributed by atoms with E-state index in [4.69, 9.17) is 13.6 Å². The lowest BCUT2D eigenvalue weighted by Crippen LogP contribution is -2.30. The van der Waals surface area contributed by atoms with Crippen LogP contribution in [0.25, 0.3) is 0 Å². The molecule has 0 atom stereocenters. The van der Waals surface area contributed by atoms with Crippen LogP contribution < -0.4 is 0 Å². The van der Waals surface area contributed by atoms with Gasteiger partial charge in [-0.3, -0.25) is 0 Å². The van der Waals surface area contributed by atoms with Gasteiger partial charge in [0.2, 0.25) is 0 Å². The van der Waals surface area contributed by atoms with E-state index in [1.165, 1.54) is 70.6 Å². The van der Waals surface area contributed by atoms with Crippen molar-refractivity contribution in [2.75, 3.05) is 6.61 Å². The molecule has 0 N–H and O–H groups in total. The van der Waals surface area contributed by atoms with Gasteiger partial charge in [0.15, 0.2) is 0 Å². The highest BCUT2D eigenvalue weighted by Gasteiger charge is 2.31. The van der Waals surface area contributed by atoms with Crippen LogP contribution in [0.4, 0.5) is 0 Å². The molecule has 2 aliphatic carbocycles. The predicted octanol–water partition coefficient (Wildman–Crippen LogP) is 7.02. The smallest absolute Gasteiger partial charge is 0.321 e. The average molecular weight is 427 g/mol. The summed E-state index contributed by atoms with van der Waals surface area (Å²) >= 11 is 0. The van der Waals surface area contributed by atoms with Gasteiger partial charge in [0.1, 0.15) is 0 Å². The monoisotopic (exact) mass is 426 g/mol. The number of hydrogen-bond donors (Lipinski definition) is 0. The molecule has 0 heterocycles.